The van der Waals surface area contributed by atoms with Crippen LogP contribution in [-0.2, 0) is 0 Å². The SMILES string of the molecule is Nc1c(C2CCC2)nc2ccc(Br)cn12. The van der Waals surface area contributed by atoms with Crippen LogP contribution in [-0.4, -0.2) is 9.38 Å². The molecule has 2 N–H and O–H groups in total. The van der Waals surface area contributed by atoms with Crippen LogP contribution < -0.4 is 5.73 Å². The highest BCUT2D eigenvalue weighted by Gasteiger charge is 2.25. The van der Waals surface area contributed by atoms with Gasteiger partial charge < -0.3 is 5.73 Å². The van der Waals surface area contributed by atoms with Gasteiger partial charge in [0.15, 0.2) is 0 Å². The average molecular weight is 266 g/mol. The van der Waals surface area contributed by atoms with Gasteiger partial charge in [0.25, 0.3) is 0 Å². The zero-order chi connectivity index (χ0) is 10.4. The van der Waals surface area contributed by atoms with E-state index in [-0.39, 0.29) is 0 Å². The molecule has 78 valence electrons. The number of pyridine rings is 1. The molecule has 1 fully saturated rings. The Labute approximate surface area is 96.4 Å². The minimum absolute atomic E-state index is 0.587. The fraction of sp³-hybridized carbons (Fsp3) is 0.364. The number of halogens is 1. The quantitative estimate of drug-likeness (QED) is 0.862. The molecule has 0 saturated heterocycles. The summed E-state index contributed by atoms with van der Waals surface area (Å²) in [6.45, 7) is 0. The highest BCUT2D eigenvalue weighted by atomic mass is 79.9. The predicted octanol–water partition coefficient (Wildman–Crippen LogP) is 2.95. The first-order valence-corrected chi connectivity index (χ1v) is 5.98. The molecule has 0 spiro atoms. The highest BCUT2D eigenvalue weighted by Crippen LogP contribution is 2.38. The van der Waals surface area contributed by atoms with Crippen molar-refractivity contribution in [1.82, 2.24) is 9.38 Å². The van der Waals surface area contributed by atoms with Gasteiger partial charge in [-0.25, -0.2) is 4.98 Å². The van der Waals surface area contributed by atoms with Gasteiger partial charge in [0.05, 0.1) is 5.69 Å². The Morgan fingerprint density at radius 2 is 2.20 bits per heavy atom. The van der Waals surface area contributed by atoms with Gasteiger partial charge in [0, 0.05) is 16.6 Å². The second-order valence-corrected chi connectivity index (χ2v) is 5.00. The normalized spacial score (nSPS) is 16.9. The second kappa shape index (κ2) is 3.23. The van der Waals surface area contributed by atoms with Gasteiger partial charge in [0.1, 0.15) is 11.5 Å². The summed E-state index contributed by atoms with van der Waals surface area (Å²) in [4.78, 5) is 4.59. The van der Waals surface area contributed by atoms with Gasteiger partial charge in [-0.3, -0.25) is 4.40 Å². The zero-order valence-electron chi connectivity index (χ0n) is 8.28. The van der Waals surface area contributed by atoms with Crippen molar-refractivity contribution in [2.75, 3.05) is 5.73 Å². The van der Waals surface area contributed by atoms with Gasteiger partial charge in [-0.1, -0.05) is 6.42 Å². The number of fused-ring (bicyclic) bond motifs is 1. The number of nitrogens with zero attached hydrogens (tertiary/aromatic N) is 2. The first-order chi connectivity index (χ1) is 7.25. The van der Waals surface area contributed by atoms with Crippen molar-refractivity contribution in [3.05, 3.63) is 28.5 Å². The predicted molar refractivity (Wildman–Crippen MR) is 63.9 cm³/mol. The molecule has 0 aromatic carbocycles. The van der Waals surface area contributed by atoms with E-state index in [9.17, 15) is 0 Å². The third kappa shape index (κ3) is 1.35. The van der Waals surface area contributed by atoms with Crippen LogP contribution in [0.1, 0.15) is 30.9 Å². The summed E-state index contributed by atoms with van der Waals surface area (Å²) in [5, 5.41) is 0. The number of anilines is 1. The van der Waals surface area contributed by atoms with Gasteiger partial charge >= 0.3 is 0 Å². The molecule has 2 heterocycles. The molecule has 0 unspecified atom stereocenters. The van der Waals surface area contributed by atoms with Crippen LogP contribution in [0.3, 0.4) is 0 Å². The van der Waals surface area contributed by atoms with Crippen LogP contribution in [0.25, 0.3) is 5.65 Å². The summed E-state index contributed by atoms with van der Waals surface area (Å²) < 4.78 is 2.98. The Morgan fingerprint density at radius 1 is 1.40 bits per heavy atom. The Morgan fingerprint density at radius 3 is 2.87 bits per heavy atom. The largest absolute Gasteiger partial charge is 0.383 e. The lowest BCUT2D eigenvalue weighted by molar-refractivity contribution is 0.414. The fourth-order valence-electron chi connectivity index (χ4n) is 2.04. The molecule has 15 heavy (non-hydrogen) atoms. The number of hydrogen-bond acceptors (Lipinski definition) is 2. The van der Waals surface area contributed by atoms with Gasteiger partial charge in [-0.2, -0.15) is 0 Å². The summed E-state index contributed by atoms with van der Waals surface area (Å²) >= 11 is 3.44. The summed E-state index contributed by atoms with van der Waals surface area (Å²) in [6.07, 6.45) is 5.74. The van der Waals surface area contributed by atoms with Crippen LogP contribution in [0.2, 0.25) is 0 Å². The summed E-state index contributed by atoms with van der Waals surface area (Å²) in [6, 6.07) is 3.98. The van der Waals surface area contributed by atoms with Crippen LogP contribution >= 0.6 is 15.9 Å². The maximum Gasteiger partial charge on any atom is 0.138 e. The molecule has 0 atom stereocenters. The Kier molecular flexibility index (Phi) is 1.99. The lowest BCUT2D eigenvalue weighted by Crippen LogP contribution is -2.11. The van der Waals surface area contributed by atoms with Crippen molar-refractivity contribution in [2.45, 2.75) is 25.2 Å². The number of nitrogens with two attached hydrogens (primary N) is 1. The first kappa shape index (κ1) is 9.21. The smallest absolute Gasteiger partial charge is 0.138 e. The van der Waals surface area contributed by atoms with Crippen molar-refractivity contribution >= 4 is 27.4 Å². The third-order valence-electron chi connectivity index (χ3n) is 3.14. The Bertz CT molecular complexity index is 514. The minimum atomic E-state index is 0.587. The summed E-state index contributed by atoms with van der Waals surface area (Å²) in [7, 11) is 0. The maximum absolute atomic E-state index is 6.10. The number of nitrogen functional groups attached to an aromatic ring is 1. The minimum Gasteiger partial charge on any atom is -0.383 e. The third-order valence-corrected chi connectivity index (χ3v) is 3.61. The number of imidazole rings is 1. The van der Waals surface area contributed by atoms with Crippen molar-refractivity contribution in [1.29, 1.82) is 0 Å². The average Bonchev–Trinajstić information content (AvgIpc) is 2.43. The van der Waals surface area contributed by atoms with Crippen LogP contribution in [0.5, 0.6) is 0 Å². The zero-order valence-corrected chi connectivity index (χ0v) is 9.87. The van der Waals surface area contributed by atoms with Crippen molar-refractivity contribution < 1.29 is 0 Å². The number of aromatic nitrogens is 2. The summed E-state index contributed by atoms with van der Waals surface area (Å²) in [5.74, 6) is 1.39. The molecule has 1 aliphatic carbocycles. The van der Waals surface area contributed by atoms with E-state index in [0.29, 0.717) is 5.92 Å². The topological polar surface area (TPSA) is 43.3 Å². The van der Waals surface area contributed by atoms with E-state index in [1.165, 1.54) is 19.3 Å². The van der Waals surface area contributed by atoms with E-state index < -0.39 is 0 Å². The van der Waals surface area contributed by atoms with Crippen molar-refractivity contribution in [2.24, 2.45) is 0 Å². The van der Waals surface area contributed by atoms with Crippen molar-refractivity contribution in [3.63, 3.8) is 0 Å². The first-order valence-electron chi connectivity index (χ1n) is 5.18. The monoisotopic (exact) mass is 265 g/mol. The molecular weight excluding hydrogens is 254 g/mol. The van der Waals surface area contributed by atoms with E-state index in [0.717, 1.165) is 21.6 Å². The molecule has 4 heteroatoms. The van der Waals surface area contributed by atoms with E-state index in [1.54, 1.807) is 0 Å². The van der Waals surface area contributed by atoms with Gasteiger partial charge in [0.2, 0.25) is 0 Å². The van der Waals surface area contributed by atoms with Gasteiger partial charge in [-0.05, 0) is 40.9 Å². The molecule has 1 aliphatic rings. The maximum atomic E-state index is 6.10. The second-order valence-electron chi connectivity index (χ2n) is 4.09. The molecule has 3 rings (SSSR count). The fourth-order valence-corrected chi connectivity index (χ4v) is 2.37. The molecule has 0 radical (unpaired) electrons. The molecule has 0 aliphatic heterocycles. The number of hydrogen-bond donors (Lipinski definition) is 1. The Balaban J connectivity index is 2.19. The molecule has 2 aromatic rings. The molecule has 0 bridgehead atoms. The molecule has 3 nitrogen and oxygen atoms in total. The van der Waals surface area contributed by atoms with E-state index in [2.05, 4.69) is 20.9 Å². The molecule has 2 aromatic heterocycles. The standard InChI is InChI=1S/C11H12BrN3/c12-8-4-5-9-14-10(7-2-1-3-7)11(13)15(9)6-8/h4-7H,1-3,13H2. The van der Waals surface area contributed by atoms with Crippen LogP contribution in [0.4, 0.5) is 5.82 Å². The van der Waals surface area contributed by atoms with Gasteiger partial charge in [-0.15, -0.1) is 0 Å². The molecule has 1 saturated carbocycles. The number of rotatable bonds is 1. The molecule has 0 amide bonds. The van der Waals surface area contributed by atoms with Crippen LogP contribution in [0, 0.1) is 0 Å². The van der Waals surface area contributed by atoms with E-state index in [4.69, 9.17) is 5.73 Å². The van der Waals surface area contributed by atoms with Crippen LogP contribution in [0.15, 0.2) is 22.8 Å². The Hall–Kier alpha value is -1.03. The lowest BCUT2D eigenvalue weighted by atomic mass is 9.83. The lowest BCUT2D eigenvalue weighted by Gasteiger charge is -2.23. The molecular formula is C11H12BrN3. The summed E-state index contributed by atoms with van der Waals surface area (Å²) in [5.41, 5.74) is 8.12. The highest BCUT2D eigenvalue weighted by molar-refractivity contribution is 9.10. The van der Waals surface area contributed by atoms with E-state index >= 15 is 0 Å². The van der Waals surface area contributed by atoms with E-state index in [1.807, 2.05) is 22.7 Å². The van der Waals surface area contributed by atoms with Crippen molar-refractivity contribution in [3.8, 4) is 0 Å².